The molecule has 0 radical (unpaired) electrons. The highest BCUT2D eigenvalue weighted by Crippen LogP contribution is 2.45. The number of ketones is 1. The van der Waals surface area contributed by atoms with Crippen molar-refractivity contribution < 1.29 is 9.59 Å². The molecular weight excluding hydrogens is 270 g/mol. The number of carbonyl (C=O) groups excluding carboxylic acids is 2. The lowest BCUT2D eigenvalue weighted by molar-refractivity contribution is -0.120. The molecular formula is C16H19NO2S. The Hall–Kier alpha value is -1.55. The van der Waals surface area contributed by atoms with Gasteiger partial charge in [-0.1, -0.05) is 6.08 Å². The van der Waals surface area contributed by atoms with Crippen LogP contribution >= 0.6 is 11.8 Å². The van der Waals surface area contributed by atoms with Crippen LogP contribution in [0, 0.1) is 0 Å². The molecule has 0 saturated heterocycles. The topological polar surface area (TPSA) is 37.4 Å². The molecule has 0 aliphatic carbocycles. The highest BCUT2D eigenvalue weighted by atomic mass is 32.2. The first-order chi connectivity index (χ1) is 9.36. The minimum Gasteiger partial charge on any atom is -0.310 e. The number of thioether (sulfide) groups is 1. The fourth-order valence-corrected chi connectivity index (χ4v) is 3.45. The smallest absolute Gasteiger partial charge is 0.243 e. The average molecular weight is 289 g/mol. The van der Waals surface area contributed by atoms with Crippen LogP contribution in [-0.2, 0) is 4.79 Å². The van der Waals surface area contributed by atoms with Crippen LogP contribution in [0.2, 0.25) is 0 Å². The van der Waals surface area contributed by atoms with Crippen LogP contribution in [0.15, 0.2) is 35.7 Å². The Bertz CT molecular complexity index is 578. The number of Topliss-reactive ketones (excluding diaryl/α,β-unsaturated/α-hetero) is 1. The largest absolute Gasteiger partial charge is 0.310 e. The summed E-state index contributed by atoms with van der Waals surface area (Å²) in [6.07, 6.45) is 2.56. The molecule has 1 aromatic rings. The third-order valence-electron chi connectivity index (χ3n) is 3.34. The number of nitrogens with zero attached hydrogens (tertiary/aromatic N) is 1. The molecule has 0 fully saturated rings. The molecule has 3 nitrogen and oxygen atoms in total. The van der Waals surface area contributed by atoms with Crippen molar-refractivity contribution in [2.24, 2.45) is 0 Å². The lowest BCUT2D eigenvalue weighted by Gasteiger charge is -2.38. The Morgan fingerprint density at radius 3 is 2.75 bits per heavy atom. The first-order valence-corrected chi connectivity index (χ1v) is 7.45. The maximum absolute atomic E-state index is 12.5. The van der Waals surface area contributed by atoms with Gasteiger partial charge in [-0.15, -0.1) is 18.3 Å². The predicted octanol–water partition coefficient (Wildman–Crippen LogP) is 3.68. The summed E-state index contributed by atoms with van der Waals surface area (Å²) in [6, 6.07) is 5.54. The van der Waals surface area contributed by atoms with Crippen LogP contribution in [0.3, 0.4) is 0 Å². The van der Waals surface area contributed by atoms with E-state index < -0.39 is 4.75 Å². The second-order valence-electron chi connectivity index (χ2n) is 5.39. The summed E-state index contributed by atoms with van der Waals surface area (Å²) in [5, 5.41) is 0. The van der Waals surface area contributed by atoms with Crippen molar-refractivity contribution in [3.8, 4) is 0 Å². The molecule has 0 spiro atoms. The number of hydrogen-bond donors (Lipinski definition) is 0. The van der Waals surface area contributed by atoms with Gasteiger partial charge in [-0.25, -0.2) is 0 Å². The third-order valence-corrected chi connectivity index (χ3v) is 4.57. The summed E-state index contributed by atoms with van der Waals surface area (Å²) >= 11 is 1.52. The normalized spacial score (nSPS) is 16.8. The van der Waals surface area contributed by atoms with Crippen molar-refractivity contribution in [1.29, 1.82) is 0 Å². The quantitative estimate of drug-likeness (QED) is 0.627. The molecule has 0 atom stereocenters. The number of rotatable bonds is 4. The number of fused-ring (bicyclic) bond motifs is 1. The SMILES string of the molecule is C=CCCN1C(=O)C(C)(C)Sc2cc(C(C)=O)ccc21. The van der Waals surface area contributed by atoms with Crippen LogP contribution in [0.4, 0.5) is 5.69 Å². The van der Waals surface area contributed by atoms with Gasteiger partial charge < -0.3 is 4.90 Å². The van der Waals surface area contributed by atoms with E-state index in [9.17, 15) is 9.59 Å². The molecule has 0 aromatic heterocycles. The van der Waals surface area contributed by atoms with E-state index in [1.807, 2.05) is 32.1 Å². The molecule has 0 N–H and O–H groups in total. The van der Waals surface area contributed by atoms with Gasteiger partial charge in [0.1, 0.15) is 0 Å². The van der Waals surface area contributed by atoms with E-state index in [1.165, 1.54) is 11.8 Å². The van der Waals surface area contributed by atoms with E-state index in [-0.39, 0.29) is 11.7 Å². The minimum atomic E-state index is -0.510. The van der Waals surface area contributed by atoms with Crippen LogP contribution in [0.1, 0.15) is 37.6 Å². The van der Waals surface area contributed by atoms with Gasteiger partial charge >= 0.3 is 0 Å². The van der Waals surface area contributed by atoms with Gasteiger partial charge in [-0.05, 0) is 45.4 Å². The number of anilines is 1. The van der Waals surface area contributed by atoms with Crippen molar-refractivity contribution in [3.05, 3.63) is 36.4 Å². The fourth-order valence-electron chi connectivity index (χ4n) is 2.23. The molecule has 106 valence electrons. The van der Waals surface area contributed by atoms with Gasteiger partial charge in [0.25, 0.3) is 0 Å². The maximum atomic E-state index is 12.5. The molecule has 4 heteroatoms. The summed E-state index contributed by atoms with van der Waals surface area (Å²) in [5.74, 6) is 0.146. The molecule has 1 amide bonds. The van der Waals surface area contributed by atoms with Gasteiger partial charge in [-0.2, -0.15) is 0 Å². The zero-order valence-electron chi connectivity index (χ0n) is 12.1. The van der Waals surface area contributed by atoms with Crippen molar-refractivity contribution in [1.82, 2.24) is 0 Å². The highest BCUT2D eigenvalue weighted by molar-refractivity contribution is 8.01. The van der Waals surface area contributed by atoms with Crippen LogP contribution in [-0.4, -0.2) is 23.0 Å². The lowest BCUT2D eigenvalue weighted by atomic mass is 10.1. The zero-order valence-corrected chi connectivity index (χ0v) is 12.9. The first-order valence-electron chi connectivity index (χ1n) is 6.63. The molecule has 2 rings (SSSR count). The minimum absolute atomic E-state index is 0.0424. The predicted molar refractivity (Wildman–Crippen MR) is 83.5 cm³/mol. The van der Waals surface area contributed by atoms with Crippen LogP contribution in [0.25, 0.3) is 0 Å². The summed E-state index contributed by atoms with van der Waals surface area (Å²) in [7, 11) is 0. The lowest BCUT2D eigenvalue weighted by Crippen LogP contribution is -2.46. The number of amides is 1. The fraction of sp³-hybridized carbons (Fsp3) is 0.375. The molecule has 1 aromatic carbocycles. The average Bonchev–Trinajstić information content (AvgIpc) is 2.38. The maximum Gasteiger partial charge on any atom is 0.243 e. The van der Waals surface area contributed by atoms with E-state index in [4.69, 9.17) is 0 Å². The Kier molecular flexibility index (Phi) is 4.04. The standard InChI is InChI=1S/C16H19NO2S/c1-5-6-9-17-13-8-7-12(11(2)18)10-14(13)20-16(3,4)15(17)19/h5,7-8,10H,1,6,9H2,2-4H3. The van der Waals surface area contributed by atoms with Crippen molar-refractivity contribution in [2.75, 3.05) is 11.4 Å². The molecule has 1 heterocycles. The summed E-state index contributed by atoms with van der Waals surface area (Å²) in [5.41, 5.74) is 1.58. The van der Waals surface area contributed by atoms with E-state index >= 15 is 0 Å². The van der Waals surface area contributed by atoms with E-state index in [0.29, 0.717) is 12.1 Å². The van der Waals surface area contributed by atoms with Gasteiger partial charge in [0.2, 0.25) is 5.91 Å². The van der Waals surface area contributed by atoms with E-state index in [1.54, 1.807) is 17.9 Å². The molecule has 1 aliphatic rings. The first kappa shape index (κ1) is 14.9. The monoisotopic (exact) mass is 289 g/mol. The summed E-state index contributed by atoms with van der Waals surface area (Å²) in [6.45, 7) is 9.73. The third kappa shape index (κ3) is 2.66. The van der Waals surface area contributed by atoms with E-state index in [0.717, 1.165) is 17.0 Å². The molecule has 0 unspecified atom stereocenters. The van der Waals surface area contributed by atoms with Crippen LogP contribution in [0.5, 0.6) is 0 Å². The Balaban J connectivity index is 2.48. The molecule has 0 saturated carbocycles. The Morgan fingerprint density at radius 1 is 1.45 bits per heavy atom. The van der Waals surface area contributed by atoms with Gasteiger partial charge in [0.05, 0.1) is 10.4 Å². The zero-order chi connectivity index (χ0) is 14.9. The molecule has 20 heavy (non-hydrogen) atoms. The van der Waals surface area contributed by atoms with Gasteiger partial charge in [-0.3, -0.25) is 9.59 Å². The van der Waals surface area contributed by atoms with Crippen LogP contribution < -0.4 is 4.90 Å². The van der Waals surface area contributed by atoms with Crippen molar-refractivity contribution in [2.45, 2.75) is 36.8 Å². The van der Waals surface area contributed by atoms with Gasteiger partial charge in [0.15, 0.2) is 5.78 Å². The Morgan fingerprint density at radius 2 is 2.15 bits per heavy atom. The highest BCUT2D eigenvalue weighted by Gasteiger charge is 2.39. The van der Waals surface area contributed by atoms with Crippen molar-refractivity contribution >= 4 is 29.1 Å². The summed E-state index contributed by atoms with van der Waals surface area (Å²) in [4.78, 5) is 26.8. The number of benzene rings is 1. The second-order valence-corrected chi connectivity index (χ2v) is 7.05. The number of carbonyl (C=O) groups is 2. The molecule has 1 aliphatic heterocycles. The number of hydrogen-bond acceptors (Lipinski definition) is 3. The van der Waals surface area contributed by atoms with E-state index in [2.05, 4.69) is 6.58 Å². The Labute approximate surface area is 124 Å². The summed E-state index contributed by atoms with van der Waals surface area (Å²) < 4.78 is -0.510. The second kappa shape index (κ2) is 5.44. The molecule has 0 bridgehead atoms. The van der Waals surface area contributed by atoms with Gasteiger partial charge in [0, 0.05) is 17.0 Å². The van der Waals surface area contributed by atoms with Crippen molar-refractivity contribution in [3.63, 3.8) is 0 Å².